The van der Waals surface area contributed by atoms with E-state index < -0.39 is 0 Å². The highest BCUT2D eigenvalue weighted by Crippen LogP contribution is 2.37. The van der Waals surface area contributed by atoms with Crippen molar-refractivity contribution < 1.29 is 4.79 Å². The van der Waals surface area contributed by atoms with Crippen LogP contribution in [0.4, 0.5) is 5.69 Å². The first-order valence-electron chi connectivity index (χ1n) is 8.29. The van der Waals surface area contributed by atoms with Crippen molar-refractivity contribution in [1.82, 2.24) is 4.90 Å². The predicted octanol–water partition coefficient (Wildman–Crippen LogP) is 3.22. The van der Waals surface area contributed by atoms with Crippen LogP contribution >= 0.6 is 0 Å². The van der Waals surface area contributed by atoms with Crippen LogP contribution in [-0.2, 0) is 4.79 Å². The van der Waals surface area contributed by atoms with E-state index in [9.17, 15) is 4.79 Å². The summed E-state index contributed by atoms with van der Waals surface area (Å²) in [7, 11) is 0. The number of hydrogen-bond acceptors (Lipinski definition) is 2. The van der Waals surface area contributed by atoms with E-state index in [0.717, 1.165) is 30.7 Å². The molecule has 0 unspecified atom stereocenters. The molecule has 2 bridgehead atoms. The number of benzene rings is 1. The van der Waals surface area contributed by atoms with Crippen molar-refractivity contribution in [3.8, 4) is 0 Å². The Hall–Kier alpha value is -1.35. The van der Waals surface area contributed by atoms with Gasteiger partial charge in [0, 0.05) is 37.8 Å². The highest BCUT2D eigenvalue weighted by atomic mass is 16.2. The van der Waals surface area contributed by atoms with Gasteiger partial charge in [-0.25, -0.2) is 0 Å². The maximum absolute atomic E-state index is 12.6. The zero-order chi connectivity index (χ0) is 14.8. The van der Waals surface area contributed by atoms with Gasteiger partial charge in [-0.15, -0.1) is 0 Å². The van der Waals surface area contributed by atoms with Gasteiger partial charge in [0.05, 0.1) is 0 Å². The number of anilines is 1. The van der Waals surface area contributed by atoms with Crippen LogP contribution in [0, 0.1) is 12.8 Å². The van der Waals surface area contributed by atoms with Gasteiger partial charge in [-0.1, -0.05) is 18.2 Å². The largest absolute Gasteiger partial charge is 0.312 e. The van der Waals surface area contributed by atoms with E-state index in [1.165, 1.54) is 31.4 Å². The molecular weight excluding hydrogens is 260 g/mol. The first-order chi connectivity index (χ1) is 10.2. The number of aryl methyl sites for hydroxylation is 1. The molecule has 1 saturated carbocycles. The number of carbonyl (C=O) groups excluding carboxylic acids is 1. The summed E-state index contributed by atoms with van der Waals surface area (Å²) >= 11 is 0. The molecule has 0 N–H and O–H groups in total. The summed E-state index contributed by atoms with van der Waals surface area (Å²) in [6.07, 6.45) is 4.75. The first kappa shape index (κ1) is 14.6. The third-order valence-electron chi connectivity index (χ3n) is 5.16. The van der Waals surface area contributed by atoms with Crippen LogP contribution in [-0.4, -0.2) is 36.5 Å². The minimum Gasteiger partial charge on any atom is -0.312 e. The molecule has 0 aromatic heterocycles. The van der Waals surface area contributed by atoms with Crippen LogP contribution in [0.25, 0.3) is 0 Å². The molecule has 1 amide bonds. The van der Waals surface area contributed by atoms with Gasteiger partial charge in [-0.2, -0.15) is 0 Å². The number of hydrogen-bond donors (Lipinski definition) is 0. The number of amides is 1. The molecule has 3 nitrogen and oxygen atoms in total. The van der Waals surface area contributed by atoms with E-state index in [1.54, 1.807) is 0 Å². The normalized spacial score (nSPS) is 24.5. The molecule has 114 valence electrons. The zero-order valence-corrected chi connectivity index (χ0v) is 13.2. The van der Waals surface area contributed by atoms with Crippen LogP contribution in [0.15, 0.2) is 24.3 Å². The van der Waals surface area contributed by atoms with Gasteiger partial charge in [0.2, 0.25) is 5.91 Å². The monoisotopic (exact) mass is 286 g/mol. The molecule has 21 heavy (non-hydrogen) atoms. The minimum atomic E-state index is 0.259. The fourth-order valence-electron chi connectivity index (χ4n) is 4.02. The number of nitrogens with zero attached hydrogens (tertiary/aromatic N) is 2. The van der Waals surface area contributed by atoms with Crippen molar-refractivity contribution in [2.24, 2.45) is 5.92 Å². The highest BCUT2D eigenvalue weighted by Gasteiger charge is 2.37. The smallest absolute Gasteiger partial charge is 0.228 e. The molecule has 0 spiro atoms. The molecule has 1 aliphatic carbocycles. The summed E-state index contributed by atoms with van der Waals surface area (Å²) in [5.74, 6) is 1.17. The van der Waals surface area contributed by atoms with Crippen molar-refractivity contribution in [1.29, 1.82) is 0 Å². The third kappa shape index (κ3) is 2.98. The lowest BCUT2D eigenvalue weighted by Gasteiger charge is -2.28. The lowest BCUT2D eigenvalue weighted by Crippen LogP contribution is -2.37. The Kier molecular flexibility index (Phi) is 4.29. The molecule has 0 radical (unpaired) electrons. The molecule has 1 saturated heterocycles. The van der Waals surface area contributed by atoms with Crippen LogP contribution in [0.2, 0.25) is 0 Å². The fourth-order valence-corrected chi connectivity index (χ4v) is 4.02. The minimum absolute atomic E-state index is 0.259. The van der Waals surface area contributed by atoms with Crippen molar-refractivity contribution >= 4 is 11.6 Å². The second kappa shape index (κ2) is 6.18. The lowest BCUT2D eigenvalue weighted by atomic mass is 10.1. The molecule has 3 heteroatoms. The summed E-state index contributed by atoms with van der Waals surface area (Å²) in [5, 5.41) is 0. The summed E-state index contributed by atoms with van der Waals surface area (Å²) in [5.41, 5.74) is 2.24. The summed E-state index contributed by atoms with van der Waals surface area (Å²) < 4.78 is 0. The van der Waals surface area contributed by atoms with Gasteiger partial charge < -0.3 is 4.90 Å². The van der Waals surface area contributed by atoms with Gasteiger partial charge >= 0.3 is 0 Å². The number of para-hydroxylation sites is 1. The molecule has 1 aliphatic heterocycles. The van der Waals surface area contributed by atoms with Gasteiger partial charge in [0.25, 0.3) is 0 Å². The number of fused-ring (bicyclic) bond motifs is 2. The van der Waals surface area contributed by atoms with Gasteiger partial charge in [0.1, 0.15) is 0 Å². The Balaban J connectivity index is 1.60. The summed E-state index contributed by atoms with van der Waals surface area (Å²) in [6, 6.07) is 8.92. The Labute approximate surface area is 127 Å². The molecule has 1 heterocycles. The van der Waals surface area contributed by atoms with E-state index in [0.29, 0.717) is 6.42 Å². The first-order valence-corrected chi connectivity index (χ1v) is 8.29. The predicted molar refractivity (Wildman–Crippen MR) is 86.5 cm³/mol. The van der Waals surface area contributed by atoms with Gasteiger partial charge in [-0.05, 0) is 50.7 Å². The second-order valence-corrected chi connectivity index (χ2v) is 6.50. The Morgan fingerprint density at radius 1 is 1.33 bits per heavy atom. The molecule has 2 fully saturated rings. The number of rotatable bonds is 5. The van der Waals surface area contributed by atoms with Crippen LogP contribution in [0.3, 0.4) is 0 Å². The molecule has 1 aromatic rings. The summed E-state index contributed by atoms with van der Waals surface area (Å²) in [6.45, 7) is 7.03. The number of carbonyl (C=O) groups is 1. The standard InChI is InChI=1S/C18H26N2O/c1-3-20(17-7-5-4-6-14(17)2)18(21)10-11-19-13-15-8-9-16(19)12-15/h4-7,15-16H,3,8-13H2,1-2H3/t15-,16-/m0/s1. The van der Waals surface area contributed by atoms with Crippen LogP contribution < -0.4 is 4.90 Å². The van der Waals surface area contributed by atoms with Crippen LogP contribution in [0.1, 0.15) is 38.2 Å². The Morgan fingerprint density at radius 3 is 2.76 bits per heavy atom. The maximum atomic E-state index is 12.6. The van der Waals surface area contributed by atoms with E-state index in [4.69, 9.17) is 0 Å². The van der Waals surface area contributed by atoms with Crippen molar-refractivity contribution in [3.05, 3.63) is 29.8 Å². The highest BCUT2D eigenvalue weighted by molar-refractivity contribution is 5.94. The molecule has 2 atom stereocenters. The molecule has 2 aliphatic rings. The van der Waals surface area contributed by atoms with Gasteiger partial charge in [0.15, 0.2) is 0 Å². The number of piperidine rings is 1. The van der Waals surface area contributed by atoms with Crippen molar-refractivity contribution in [3.63, 3.8) is 0 Å². The topological polar surface area (TPSA) is 23.6 Å². The SMILES string of the molecule is CCN(C(=O)CCN1C[C@H]2CC[C@H]1C2)c1ccccc1C. The average molecular weight is 286 g/mol. The van der Waals surface area contributed by atoms with Crippen molar-refractivity contribution in [2.45, 2.75) is 45.6 Å². The van der Waals surface area contributed by atoms with Crippen molar-refractivity contribution in [2.75, 3.05) is 24.5 Å². The molecule has 3 rings (SSSR count). The van der Waals surface area contributed by atoms with E-state index >= 15 is 0 Å². The third-order valence-corrected chi connectivity index (χ3v) is 5.16. The summed E-state index contributed by atoms with van der Waals surface area (Å²) in [4.78, 5) is 17.1. The Morgan fingerprint density at radius 2 is 2.14 bits per heavy atom. The van der Waals surface area contributed by atoms with Gasteiger partial charge in [-0.3, -0.25) is 9.69 Å². The zero-order valence-electron chi connectivity index (χ0n) is 13.2. The second-order valence-electron chi connectivity index (χ2n) is 6.50. The average Bonchev–Trinajstić information content (AvgIpc) is 3.10. The van der Waals surface area contributed by atoms with E-state index in [2.05, 4.69) is 30.9 Å². The Bertz CT molecular complexity index is 514. The van der Waals surface area contributed by atoms with E-state index in [1.807, 2.05) is 17.0 Å². The maximum Gasteiger partial charge on any atom is 0.228 e. The fraction of sp³-hybridized carbons (Fsp3) is 0.611. The van der Waals surface area contributed by atoms with E-state index in [-0.39, 0.29) is 5.91 Å². The van der Waals surface area contributed by atoms with Crippen LogP contribution in [0.5, 0.6) is 0 Å². The lowest BCUT2D eigenvalue weighted by molar-refractivity contribution is -0.119. The molecule has 1 aromatic carbocycles. The quantitative estimate of drug-likeness (QED) is 0.829. The number of likely N-dealkylation sites (tertiary alicyclic amines) is 1. The molecular formula is C18H26N2O.